The molecule has 1 saturated carbocycles. The van der Waals surface area contributed by atoms with Crippen LogP contribution in [0.25, 0.3) is 22.1 Å². The first kappa shape index (κ1) is 20.2. The van der Waals surface area contributed by atoms with E-state index >= 15 is 0 Å². The van der Waals surface area contributed by atoms with Crippen LogP contribution in [0.4, 0.5) is 13.2 Å². The first-order valence-corrected chi connectivity index (χ1v) is 9.89. The second-order valence-electron chi connectivity index (χ2n) is 7.74. The normalized spacial score (nSPS) is 19.8. The molecule has 2 N–H and O–H groups in total. The number of H-pyrrole nitrogens is 1. The average Bonchev–Trinajstić information content (AvgIpc) is 3.30. The number of carbonyl (C=O) groups excluding carboxylic acids is 1. The number of alkyl halides is 3. The van der Waals surface area contributed by atoms with E-state index in [1.165, 1.54) is 0 Å². The molecule has 7 nitrogen and oxygen atoms in total. The van der Waals surface area contributed by atoms with E-state index in [-0.39, 0.29) is 12.5 Å². The SMILES string of the molecule is N#CC[C@H]1CC[C@@H](n2c(CC(=O)NCC(F)(F)F)nc3cnc4[nH]ccc4c32)CC1. The number of hydrogen-bond acceptors (Lipinski definition) is 4. The van der Waals surface area contributed by atoms with Gasteiger partial charge in [0.2, 0.25) is 5.91 Å². The summed E-state index contributed by atoms with van der Waals surface area (Å²) in [5, 5.41) is 11.7. The zero-order valence-corrected chi connectivity index (χ0v) is 16.2. The predicted octanol–water partition coefficient (Wildman–Crippen LogP) is 3.78. The number of aromatic amines is 1. The van der Waals surface area contributed by atoms with Crippen molar-refractivity contribution in [2.45, 2.75) is 50.7 Å². The minimum absolute atomic E-state index is 0.0656. The third-order valence-corrected chi connectivity index (χ3v) is 5.67. The number of imidazole rings is 1. The highest BCUT2D eigenvalue weighted by Crippen LogP contribution is 2.38. The minimum atomic E-state index is -4.46. The Hall–Kier alpha value is -3.09. The Morgan fingerprint density at radius 1 is 1.33 bits per heavy atom. The van der Waals surface area contributed by atoms with E-state index < -0.39 is 18.6 Å². The van der Waals surface area contributed by atoms with Crippen LogP contribution in [-0.4, -0.2) is 38.1 Å². The van der Waals surface area contributed by atoms with Crippen LogP contribution >= 0.6 is 0 Å². The molecule has 0 unspecified atom stereocenters. The second-order valence-corrected chi connectivity index (χ2v) is 7.74. The second kappa shape index (κ2) is 7.97. The van der Waals surface area contributed by atoms with Crippen LogP contribution in [0.2, 0.25) is 0 Å². The maximum atomic E-state index is 12.5. The zero-order chi connectivity index (χ0) is 21.3. The van der Waals surface area contributed by atoms with E-state index in [1.54, 1.807) is 12.4 Å². The molecular weight excluding hydrogens is 397 g/mol. The van der Waals surface area contributed by atoms with Gasteiger partial charge in [-0.2, -0.15) is 18.4 Å². The van der Waals surface area contributed by atoms with Gasteiger partial charge in [-0.1, -0.05) is 0 Å². The van der Waals surface area contributed by atoms with Crippen LogP contribution in [0.3, 0.4) is 0 Å². The molecule has 1 aliphatic carbocycles. The van der Waals surface area contributed by atoms with Crippen LogP contribution in [0.1, 0.15) is 44.0 Å². The van der Waals surface area contributed by atoms with Crippen molar-refractivity contribution in [3.63, 3.8) is 0 Å². The number of fused-ring (bicyclic) bond motifs is 3. The number of nitrogens with zero attached hydrogens (tertiary/aromatic N) is 4. The molecular formula is C20H21F3N6O. The van der Waals surface area contributed by atoms with E-state index in [0.29, 0.717) is 29.3 Å². The van der Waals surface area contributed by atoms with Gasteiger partial charge >= 0.3 is 6.18 Å². The molecule has 4 rings (SSSR count). The van der Waals surface area contributed by atoms with Gasteiger partial charge in [-0.15, -0.1) is 0 Å². The molecule has 10 heteroatoms. The number of amides is 1. The molecule has 158 valence electrons. The molecule has 0 spiro atoms. The topological polar surface area (TPSA) is 99.4 Å². The Morgan fingerprint density at radius 2 is 2.10 bits per heavy atom. The Labute approximate surface area is 170 Å². The van der Waals surface area contributed by atoms with Crippen LogP contribution < -0.4 is 5.32 Å². The molecule has 0 aliphatic heterocycles. The van der Waals surface area contributed by atoms with Crippen molar-refractivity contribution >= 4 is 28.0 Å². The number of nitriles is 1. The van der Waals surface area contributed by atoms with E-state index in [9.17, 15) is 18.0 Å². The fraction of sp³-hybridized carbons (Fsp3) is 0.500. The summed E-state index contributed by atoms with van der Waals surface area (Å²) in [7, 11) is 0. The Balaban J connectivity index is 1.68. The van der Waals surface area contributed by atoms with Crippen molar-refractivity contribution in [1.82, 2.24) is 24.8 Å². The maximum absolute atomic E-state index is 12.5. The molecule has 0 atom stereocenters. The Morgan fingerprint density at radius 3 is 2.80 bits per heavy atom. The number of halogens is 3. The van der Waals surface area contributed by atoms with Crippen molar-refractivity contribution in [2.75, 3.05) is 6.54 Å². The number of aromatic nitrogens is 4. The fourth-order valence-corrected chi connectivity index (χ4v) is 4.30. The Kier molecular flexibility index (Phi) is 5.37. The van der Waals surface area contributed by atoms with Crippen LogP contribution in [0.15, 0.2) is 18.5 Å². The summed E-state index contributed by atoms with van der Waals surface area (Å²) in [4.78, 5) is 24.1. The minimum Gasteiger partial charge on any atom is -0.347 e. The summed E-state index contributed by atoms with van der Waals surface area (Å²) in [5.41, 5.74) is 2.14. The molecule has 0 saturated heterocycles. The van der Waals surface area contributed by atoms with Crippen molar-refractivity contribution in [3.8, 4) is 6.07 Å². The van der Waals surface area contributed by atoms with Crippen LogP contribution in [-0.2, 0) is 11.2 Å². The number of rotatable bonds is 5. The molecule has 0 radical (unpaired) electrons. The van der Waals surface area contributed by atoms with Crippen molar-refractivity contribution in [1.29, 1.82) is 5.26 Å². The Bertz CT molecular complexity index is 1100. The van der Waals surface area contributed by atoms with Gasteiger partial charge in [0.1, 0.15) is 23.5 Å². The highest BCUT2D eigenvalue weighted by atomic mass is 19.4. The fourth-order valence-electron chi connectivity index (χ4n) is 4.30. The summed E-state index contributed by atoms with van der Waals surface area (Å²) >= 11 is 0. The number of pyridine rings is 1. The molecule has 1 aliphatic rings. The average molecular weight is 418 g/mol. The van der Waals surface area contributed by atoms with Crippen molar-refractivity contribution in [3.05, 3.63) is 24.3 Å². The summed E-state index contributed by atoms with van der Waals surface area (Å²) in [6.45, 7) is -1.37. The van der Waals surface area contributed by atoms with Crippen molar-refractivity contribution in [2.24, 2.45) is 5.92 Å². The molecule has 30 heavy (non-hydrogen) atoms. The van der Waals surface area contributed by atoms with Gasteiger partial charge in [-0.05, 0) is 37.7 Å². The van der Waals surface area contributed by atoms with E-state index in [0.717, 1.165) is 36.6 Å². The zero-order valence-electron chi connectivity index (χ0n) is 16.2. The van der Waals surface area contributed by atoms with Gasteiger partial charge in [0.25, 0.3) is 0 Å². The molecule has 3 aromatic heterocycles. The summed E-state index contributed by atoms with van der Waals surface area (Å²) in [6.07, 6.45) is 2.63. The van der Waals surface area contributed by atoms with Gasteiger partial charge in [0.05, 0.1) is 24.2 Å². The molecule has 3 aromatic rings. The van der Waals surface area contributed by atoms with Gasteiger partial charge in [-0.3, -0.25) is 4.79 Å². The van der Waals surface area contributed by atoms with Gasteiger partial charge in [0.15, 0.2) is 0 Å². The summed E-state index contributed by atoms with van der Waals surface area (Å²) in [5.74, 6) is 0.0674. The van der Waals surface area contributed by atoms with E-state index in [1.807, 2.05) is 16.0 Å². The summed E-state index contributed by atoms with van der Waals surface area (Å²) < 4.78 is 39.4. The van der Waals surface area contributed by atoms with Gasteiger partial charge in [0, 0.05) is 24.0 Å². The molecule has 1 amide bonds. The highest BCUT2D eigenvalue weighted by Gasteiger charge is 2.30. The van der Waals surface area contributed by atoms with Gasteiger partial charge < -0.3 is 14.9 Å². The molecule has 0 aromatic carbocycles. The lowest BCUT2D eigenvalue weighted by Gasteiger charge is -2.30. The van der Waals surface area contributed by atoms with Gasteiger partial charge in [-0.25, -0.2) is 9.97 Å². The predicted molar refractivity (Wildman–Crippen MR) is 103 cm³/mol. The maximum Gasteiger partial charge on any atom is 0.405 e. The first-order valence-electron chi connectivity index (χ1n) is 9.89. The monoisotopic (exact) mass is 418 g/mol. The highest BCUT2D eigenvalue weighted by molar-refractivity contribution is 6.01. The van der Waals surface area contributed by atoms with Crippen molar-refractivity contribution < 1.29 is 18.0 Å². The molecule has 3 heterocycles. The first-order chi connectivity index (χ1) is 14.4. The van der Waals surface area contributed by atoms with E-state index in [4.69, 9.17) is 5.26 Å². The van der Waals surface area contributed by atoms with E-state index in [2.05, 4.69) is 21.0 Å². The smallest absolute Gasteiger partial charge is 0.347 e. The van der Waals surface area contributed by atoms with Crippen LogP contribution in [0, 0.1) is 17.2 Å². The van der Waals surface area contributed by atoms with Crippen LogP contribution in [0.5, 0.6) is 0 Å². The lowest BCUT2D eigenvalue weighted by Crippen LogP contribution is -2.35. The quantitative estimate of drug-likeness (QED) is 0.659. The molecule has 0 bridgehead atoms. The number of carbonyl (C=O) groups is 1. The standard InChI is InChI=1S/C20H21F3N6O/c21-20(22,23)11-27-17(30)9-16-28-15-10-26-19-14(6-8-25-19)18(15)29(16)13-3-1-12(2-4-13)5-7-24/h6,8,10,12-13H,1-5,9,11H2,(H,25,26)(H,27,30)/t12-,13+. The lowest BCUT2D eigenvalue weighted by molar-refractivity contribution is -0.138. The summed E-state index contributed by atoms with van der Waals surface area (Å²) in [6, 6.07) is 4.18. The third kappa shape index (κ3) is 4.10. The lowest BCUT2D eigenvalue weighted by atomic mass is 9.84. The molecule has 1 fully saturated rings. The number of nitrogens with one attached hydrogen (secondary N) is 2. The number of hydrogen-bond donors (Lipinski definition) is 2. The largest absolute Gasteiger partial charge is 0.405 e. The third-order valence-electron chi connectivity index (χ3n) is 5.67.